The van der Waals surface area contributed by atoms with Crippen LogP contribution >= 0.6 is 0 Å². The molecule has 4 aromatic carbocycles. The predicted molar refractivity (Wildman–Crippen MR) is 172 cm³/mol. The van der Waals surface area contributed by atoms with E-state index in [2.05, 4.69) is 110 Å². The van der Waals surface area contributed by atoms with Gasteiger partial charge in [-0.1, -0.05) is 140 Å². The molecule has 0 radical (unpaired) electrons. The molecule has 0 bridgehead atoms. The number of fused-ring (bicyclic) bond motifs is 10. The molecule has 0 saturated heterocycles. The molecule has 38 heavy (non-hydrogen) atoms. The third-order valence-corrected chi connectivity index (χ3v) is 7.10. The van der Waals surface area contributed by atoms with E-state index in [-0.39, 0.29) is 5.41 Å². The van der Waals surface area contributed by atoms with E-state index in [1.54, 1.807) is 0 Å². The Morgan fingerprint density at radius 1 is 0.447 bits per heavy atom. The second-order valence-electron chi connectivity index (χ2n) is 8.26. The van der Waals surface area contributed by atoms with Gasteiger partial charge in [0, 0.05) is 24.3 Å². The first-order valence-corrected chi connectivity index (χ1v) is 15.0. The number of benzene rings is 4. The summed E-state index contributed by atoms with van der Waals surface area (Å²) < 4.78 is 0. The van der Waals surface area contributed by atoms with Crippen LogP contribution in [0.15, 0.2) is 91.0 Å². The minimum absolute atomic E-state index is 0.252. The van der Waals surface area contributed by atoms with Gasteiger partial charge in [-0.15, -0.1) is 0 Å². The Morgan fingerprint density at radius 3 is 1.18 bits per heavy atom. The molecular weight excluding hydrogens is 458 g/mol. The minimum Gasteiger partial charge on any atom is -0.372 e. The smallest absolute Gasteiger partial charge is 0.0745 e. The van der Waals surface area contributed by atoms with Crippen LogP contribution in [0.3, 0.4) is 0 Å². The number of anilines is 1. The summed E-state index contributed by atoms with van der Waals surface area (Å²) >= 11 is 0. The highest BCUT2D eigenvalue weighted by molar-refractivity contribution is 5.97. The monoisotopic (exact) mass is 507 g/mol. The Labute approximate surface area is 233 Å². The molecule has 1 heteroatoms. The first-order valence-electron chi connectivity index (χ1n) is 15.0. The highest BCUT2D eigenvalue weighted by Crippen LogP contribution is 2.64. The molecule has 0 saturated carbocycles. The average Bonchev–Trinajstić information content (AvgIpc) is 3.50. The van der Waals surface area contributed by atoms with Gasteiger partial charge in [-0.2, -0.15) is 0 Å². The summed E-state index contributed by atoms with van der Waals surface area (Å²) in [5, 5.41) is 0. The zero-order valence-corrected chi connectivity index (χ0v) is 25.5. The molecular formula is C37H49N. The van der Waals surface area contributed by atoms with Gasteiger partial charge in [0.25, 0.3) is 0 Å². The molecule has 0 N–H and O–H groups in total. The van der Waals surface area contributed by atoms with Crippen LogP contribution in [0.25, 0.3) is 22.3 Å². The molecule has 202 valence electrons. The highest BCUT2D eigenvalue weighted by Gasteiger charge is 2.52. The zero-order valence-electron chi connectivity index (χ0n) is 25.5. The molecule has 0 amide bonds. The normalized spacial score (nSPS) is 11.8. The van der Waals surface area contributed by atoms with Crippen molar-refractivity contribution in [3.63, 3.8) is 0 Å². The van der Waals surface area contributed by atoms with Crippen LogP contribution in [0.5, 0.6) is 0 Å². The zero-order chi connectivity index (χ0) is 28.3. The van der Waals surface area contributed by atoms with E-state index in [1.165, 1.54) is 50.2 Å². The lowest BCUT2D eigenvalue weighted by atomic mass is 9.70. The maximum absolute atomic E-state index is 2.51. The van der Waals surface area contributed by atoms with Crippen molar-refractivity contribution in [2.45, 2.75) is 74.7 Å². The molecule has 1 nitrogen and oxygen atoms in total. The molecule has 1 spiro atoms. The van der Waals surface area contributed by atoms with Gasteiger partial charge >= 0.3 is 0 Å². The lowest BCUT2D eigenvalue weighted by Crippen LogP contribution is -2.31. The Balaban J connectivity index is 0.000000583. The SMILES string of the molecule is CC.CC.CC.CC.CCN(CC)c1cccc2c1C1(c3ccccc3-c3ccccc31)c1ccccc1-2. The largest absolute Gasteiger partial charge is 0.372 e. The van der Waals surface area contributed by atoms with Crippen molar-refractivity contribution in [3.8, 4) is 22.3 Å². The van der Waals surface area contributed by atoms with Gasteiger partial charge in [-0.05, 0) is 58.9 Å². The number of nitrogens with zero attached hydrogens (tertiary/aromatic N) is 1. The van der Waals surface area contributed by atoms with Crippen LogP contribution in [0, 0.1) is 0 Å². The summed E-state index contributed by atoms with van der Waals surface area (Å²) in [6.45, 7) is 22.5. The Hall–Kier alpha value is -3.32. The summed E-state index contributed by atoms with van der Waals surface area (Å²) in [5.74, 6) is 0. The lowest BCUT2D eigenvalue weighted by Gasteiger charge is -2.35. The molecule has 0 fully saturated rings. The van der Waals surface area contributed by atoms with Crippen molar-refractivity contribution in [3.05, 3.63) is 113 Å². The second kappa shape index (κ2) is 14.6. The molecule has 0 unspecified atom stereocenters. The van der Waals surface area contributed by atoms with Gasteiger partial charge in [0.1, 0.15) is 0 Å². The third kappa shape index (κ3) is 4.68. The molecule has 0 aromatic heterocycles. The van der Waals surface area contributed by atoms with Crippen LogP contribution in [-0.4, -0.2) is 13.1 Å². The summed E-state index contributed by atoms with van der Waals surface area (Å²) in [7, 11) is 0. The number of rotatable bonds is 3. The van der Waals surface area contributed by atoms with Gasteiger partial charge in [0.15, 0.2) is 0 Å². The second-order valence-corrected chi connectivity index (χ2v) is 8.26. The standard InChI is InChI=1S/C29H25N.4C2H6/c1-3-30(4-2)27-19-11-15-23-22-14-7-10-18-26(22)29(28(23)27)24-16-8-5-12-20(24)21-13-6-9-17-25(21)29;4*1-2/h5-19H,3-4H2,1-2H3;4*1-2H3. The van der Waals surface area contributed by atoms with E-state index in [1.807, 2.05) is 55.4 Å². The van der Waals surface area contributed by atoms with Crippen LogP contribution < -0.4 is 4.90 Å². The van der Waals surface area contributed by atoms with Crippen molar-refractivity contribution in [1.29, 1.82) is 0 Å². The first kappa shape index (κ1) is 30.9. The molecule has 0 aliphatic heterocycles. The highest BCUT2D eigenvalue weighted by atomic mass is 15.1. The predicted octanol–water partition coefficient (Wildman–Crippen LogP) is 11.0. The van der Waals surface area contributed by atoms with Crippen LogP contribution in [-0.2, 0) is 5.41 Å². The molecule has 2 aliphatic rings. The van der Waals surface area contributed by atoms with Gasteiger partial charge < -0.3 is 4.90 Å². The maximum atomic E-state index is 2.51. The summed E-state index contributed by atoms with van der Waals surface area (Å²) in [4.78, 5) is 2.51. The fraction of sp³-hybridized carbons (Fsp3) is 0.351. The molecule has 0 heterocycles. The van der Waals surface area contributed by atoms with E-state index in [0.29, 0.717) is 0 Å². The molecule has 4 aromatic rings. The van der Waals surface area contributed by atoms with E-state index in [4.69, 9.17) is 0 Å². The van der Waals surface area contributed by atoms with Gasteiger partial charge in [-0.25, -0.2) is 0 Å². The van der Waals surface area contributed by atoms with Crippen LogP contribution in [0.2, 0.25) is 0 Å². The Morgan fingerprint density at radius 2 is 0.789 bits per heavy atom. The quantitative estimate of drug-likeness (QED) is 0.230. The lowest BCUT2D eigenvalue weighted by molar-refractivity contribution is 0.773. The van der Waals surface area contributed by atoms with E-state index >= 15 is 0 Å². The average molecular weight is 508 g/mol. The van der Waals surface area contributed by atoms with E-state index in [0.717, 1.165) is 13.1 Å². The topological polar surface area (TPSA) is 3.24 Å². The minimum atomic E-state index is -0.252. The van der Waals surface area contributed by atoms with Crippen LogP contribution in [0.4, 0.5) is 5.69 Å². The Kier molecular flexibility index (Phi) is 11.9. The molecule has 0 atom stereocenters. The molecule has 6 rings (SSSR count). The maximum Gasteiger partial charge on any atom is 0.0745 e. The van der Waals surface area contributed by atoms with Gasteiger partial charge in [0.2, 0.25) is 0 Å². The first-order chi connectivity index (χ1) is 18.8. The van der Waals surface area contributed by atoms with E-state index in [9.17, 15) is 0 Å². The summed E-state index contributed by atoms with van der Waals surface area (Å²) in [6.07, 6.45) is 0. The summed E-state index contributed by atoms with van der Waals surface area (Å²) in [6, 6.07) is 33.9. The van der Waals surface area contributed by atoms with Gasteiger partial charge in [-0.3, -0.25) is 0 Å². The summed E-state index contributed by atoms with van der Waals surface area (Å²) in [5.41, 5.74) is 12.3. The Bertz CT molecular complexity index is 1220. The molecule has 2 aliphatic carbocycles. The fourth-order valence-electron chi connectivity index (χ4n) is 5.96. The van der Waals surface area contributed by atoms with Crippen molar-refractivity contribution >= 4 is 5.69 Å². The third-order valence-electron chi connectivity index (χ3n) is 7.10. The van der Waals surface area contributed by atoms with E-state index < -0.39 is 0 Å². The number of hydrogen-bond acceptors (Lipinski definition) is 1. The van der Waals surface area contributed by atoms with Crippen LogP contribution in [0.1, 0.15) is 91.5 Å². The van der Waals surface area contributed by atoms with Crippen molar-refractivity contribution in [2.75, 3.05) is 18.0 Å². The van der Waals surface area contributed by atoms with Crippen molar-refractivity contribution < 1.29 is 0 Å². The van der Waals surface area contributed by atoms with Crippen molar-refractivity contribution in [1.82, 2.24) is 0 Å². The fourth-order valence-corrected chi connectivity index (χ4v) is 5.96. The number of hydrogen-bond donors (Lipinski definition) is 0. The van der Waals surface area contributed by atoms with Crippen molar-refractivity contribution in [2.24, 2.45) is 0 Å². The van der Waals surface area contributed by atoms with Gasteiger partial charge in [0.05, 0.1) is 5.41 Å².